The standard InChI is InChI=1S/C18H13F4N3O/c1-11-9-13-15(5-4-14(23-2)17(13)18(20,21)22)25(11)7-8-26-12-3-6-16(19)24-10-12/h3-6,9-10H,7-8H2,1H3. The molecule has 0 aliphatic rings. The number of fused-ring (bicyclic) bond motifs is 1. The van der Waals surface area contributed by atoms with Crippen molar-refractivity contribution in [1.29, 1.82) is 0 Å². The predicted molar refractivity (Wildman–Crippen MR) is 87.6 cm³/mol. The van der Waals surface area contributed by atoms with Gasteiger partial charge in [0, 0.05) is 16.6 Å². The van der Waals surface area contributed by atoms with E-state index in [1.165, 1.54) is 30.5 Å². The van der Waals surface area contributed by atoms with Gasteiger partial charge in [-0.05, 0) is 31.2 Å². The van der Waals surface area contributed by atoms with E-state index in [2.05, 4.69) is 9.83 Å². The lowest BCUT2D eigenvalue weighted by atomic mass is 10.1. The number of halogens is 4. The van der Waals surface area contributed by atoms with Crippen LogP contribution in [-0.2, 0) is 12.7 Å². The third kappa shape index (κ3) is 3.33. The number of nitrogens with zero attached hydrogens (tertiary/aromatic N) is 3. The summed E-state index contributed by atoms with van der Waals surface area (Å²) in [6.07, 6.45) is -3.38. The lowest BCUT2D eigenvalue weighted by Crippen LogP contribution is -2.10. The van der Waals surface area contributed by atoms with Gasteiger partial charge in [-0.1, -0.05) is 6.07 Å². The largest absolute Gasteiger partial charge is 0.490 e. The van der Waals surface area contributed by atoms with E-state index in [-0.39, 0.29) is 12.0 Å². The van der Waals surface area contributed by atoms with E-state index in [9.17, 15) is 17.6 Å². The first-order chi connectivity index (χ1) is 12.3. The highest BCUT2D eigenvalue weighted by Gasteiger charge is 2.36. The van der Waals surface area contributed by atoms with Crippen molar-refractivity contribution in [3.63, 3.8) is 0 Å². The molecule has 3 aromatic rings. The van der Waals surface area contributed by atoms with E-state index in [4.69, 9.17) is 11.3 Å². The van der Waals surface area contributed by atoms with Crippen LogP contribution in [0.1, 0.15) is 11.3 Å². The van der Waals surface area contributed by atoms with Crippen LogP contribution in [0.4, 0.5) is 23.2 Å². The Balaban J connectivity index is 1.91. The molecule has 0 radical (unpaired) electrons. The molecule has 0 bridgehead atoms. The molecule has 1 aromatic carbocycles. The molecule has 0 unspecified atom stereocenters. The number of aryl methyl sites for hydroxylation is 1. The van der Waals surface area contributed by atoms with Gasteiger partial charge in [0.05, 0.1) is 24.9 Å². The molecule has 0 saturated heterocycles. The third-order valence-corrected chi connectivity index (χ3v) is 3.96. The number of alkyl halides is 3. The molecule has 0 aliphatic carbocycles. The third-order valence-electron chi connectivity index (χ3n) is 3.96. The van der Waals surface area contributed by atoms with E-state index in [0.29, 0.717) is 23.5 Å². The van der Waals surface area contributed by atoms with Gasteiger partial charge in [0.2, 0.25) is 5.95 Å². The van der Waals surface area contributed by atoms with Crippen molar-refractivity contribution in [3.8, 4) is 5.75 Å². The fourth-order valence-corrected chi connectivity index (χ4v) is 2.85. The highest BCUT2D eigenvalue weighted by Crippen LogP contribution is 2.42. The molecule has 2 aromatic heterocycles. The van der Waals surface area contributed by atoms with Crippen LogP contribution in [0.5, 0.6) is 5.75 Å². The van der Waals surface area contributed by atoms with Crippen molar-refractivity contribution in [2.24, 2.45) is 0 Å². The summed E-state index contributed by atoms with van der Waals surface area (Å²) in [5.41, 5.74) is -0.345. The number of ether oxygens (including phenoxy) is 1. The van der Waals surface area contributed by atoms with Crippen LogP contribution in [0.15, 0.2) is 36.5 Å². The first kappa shape index (κ1) is 17.7. The van der Waals surface area contributed by atoms with Gasteiger partial charge in [0.15, 0.2) is 5.69 Å². The zero-order valence-corrected chi connectivity index (χ0v) is 13.6. The molecule has 0 atom stereocenters. The first-order valence-corrected chi connectivity index (χ1v) is 7.63. The van der Waals surface area contributed by atoms with E-state index >= 15 is 0 Å². The van der Waals surface area contributed by atoms with Crippen LogP contribution in [0.25, 0.3) is 15.7 Å². The number of rotatable bonds is 4. The summed E-state index contributed by atoms with van der Waals surface area (Å²) in [5.74, 6) is -0.258. The average Bonchev–Trinajstić information content (AvgIpc) is 2.90. The quantitative estimate of drug-likeness (QED) is 0.365. The summed E-state index contributed by atoms with van der Waals surface area (Å²) in [4.78, 5) is 6.46. The molecule has 0 amide bonds. The van der Waals surface area contributed by atoms with Crippen molar-refractivity contribution < 1.29 is 22.3 Å². The van der Waals surface area contributed by atoms with Crippen LogP contribution < -0.4 is 4.74 Å². The number of pyridine rings is 1. The van der Waals surface area contributed by atoms with E-state index in [0.717, 1.165) is 6.07 Å². The Bertz CT molecular complexity index is 985. The minimum absolute atomic E-state index is 0.00745. The Kier molecular flexibility index (Phi) is 4.55. The first-order valence-electron chi connectivity index (χ1n) is 7.63. The maximum atomic E-state index is 13.4. The molecule has 2 heterocycles. The van der Waals surface area contributed by atoms with Gasteiger partial charge in [-0.25, -0.2) is 9.83 Å². The van der Waals surface area contributed by atoms with Crippen LogP contribution in [0.2, 0.25) is 0 Å². The molecule has 0 aliphatic heterocycles. The van der Waals surface area contributed by atoms with E-state index in [1.54, 1.807) is 11.5 Å². The number of hydrogen-bond acceptors (Lipinski definition) is 2. The Morgan fingerprint density at radius 1 is 1.23 bits per heavy atom. The smallest absolute Gasteiger partial charge is 0.408 e. The lowest BCUT2D eigenvalue weighted by molar-refractivity contribution is -0.135. The van der Waals surface area contributed by atoms with Gasteiger partial charge in [0.1, 0.15) is 12.4 Å². The monoisotopic (exact) mass is 363 g/mol. The Morgan fingerprint density at radius 2 is 2.00 bits per heavy atom. The van der Waals surface area contributed by atoms with Crippen LogP contribution in [-0.4, -0.2) is 16.2 Å². The molecule has 134 valence electrons. The van der Waals surface area contributed by atoms with Gasteiger partial charge >= 0.3 is 6.18 Å². The van der Waals surface area contributed by atoms with Gasteiger partial charge in [-0.3, -0.25) is 0 Å². The molecule has 3 rings (SSSR count). The Hall–Kier alpha value is -3.08. The highest BCUT2D eigenvalue weighted by molar-refractivity contribution is 5.90. The maximum Gasteiger partial charge on any atom is 0.408 e. The van der Waals surface area contributed by atoms with Crippen molar-refractivity contribution in [2.75, 3.05) is 6.61 Å². The molecule has 0 spiro atoms. The van der Waals surface area contributed by atoms with Crippen LogP contribution >= 0.6 is 0 Å². The predicted octanol–water partition coefficient (Wildman–Crippen LogP) is 5.13. The molecule has 8 heteroatoms. The fraction of sp³-hybridized carbons (Fsp3) is 0.222. The normalized spacial score (nSPS) is 11.5. The zero-order chi connectivity index (χ0) is 18.9. The van der Waals surface area contributed by atoms with Crippen molar-refractivity contribution in [3.05, 3.63) is 65.2 Å². The van der Waals surface area contributed by atoms with Crippen LogP contribution in [0.3, 0.4) is 0 Å². The number of hydrogen-bond donors (Lipinski definition) is 0. The molecule has 0 fully saturated rings. The van der Waals surface area contributed by atoms with Crippen molar-refractivity contribution in [2.45, 2.75) is 19.6 Å². The summed E-state index contributed by atoms with van der Waals surface area (Å²) in [5, 5.41) is -0.00745. The summed E-state index contributed by atoms with van der Waals surface area (Å²) < 4.78 is 60.1. The molecule has 0 saturated carbocycles. The summed E-state index contributed by atoms with van der Waals surface area (Å²) >= 11 is 0. The fourth-order valence-electron chi connectivity index (χ4n) is 2.85. The topological polar surface area (TPSA) is 31.4 Å². The van der Waals surface area contributed by atoms with E-state index in [1.807, 2.05) is 0 Å². The minimum atomic E-state index is -4.62. The maximum absolute atomic E-state index is 13.4. The molecular formula is C18H13F4N3O. The average molecular weight is 363 g/mol. The van der Waals surface area contributed by atoms with Gasteiger partial charge in [-0.15, -0.1) is 0 Å². The minimum Gasteiger partial charge on any atom is -0.490 e. The second kappa shape index (κ2) is 6.67. The van der Waals surface area contributed by atoms with Crippen molar-refractivity contribution in [1.82, 2.24) is 9.55 Å². The SMILES string of the molecule is [C-]#[N+]c1ccc2c(cc(C)n2CCOc2ccc(F)nc2)c1C(F)(F)F. The van der Waals surface area contributed by atoms with Gasteiger partial charge in [-0.2, -0.15) is 17.6 Å². The zero-order valence-electron chi connectivity index (χ0n) is 13.6. The highest BCUT2D eigenvalue weighted by atomic mass is 19.4. The number of aromatic nitrogens is 2. The molecule has 26 heavy (non-hydrogen) atoms. The van der Waals surface area contributed by atoms with Crippen molar-refractivity contribution >= 4 is 16.6 Å². The Morgan fingerprint density at radius 3 is 2.62 bits per heavy atom. The molecule has 4 nitrogen and oxygen atoms in total. The molecular weight excluding hydrogens is 350 g/mol. The second-order valence-electron chi connectivity index (χ2n) is 5.60. The van der Waals surface area contributed by atoms with Gasteiger partial charge < -0.3 is 9.30 Å². The van der Waals surface area contributed by atoms with E-state index < -0.39 is 23.4 Å². The summed E-state index contributed by atoms with van der Waals surface area (Å²) in [7, 11) is 0. The van der Waals surface area contributed by atoms with Gasteiger partial charge in [0.25, 0.3) is 0 Å². The Labute approximate surface area is 146 Å². The molecule has 0 N–H and O–H groups in total. The second-order valence-corrected chi connectivity index (χ2v) is 5.60. The number of benzene rings is 1. The lowest BCUT2D eigenvalue weighted by Gasteiger charge is -2.13. The summed E-state index contributed by atoms with van der Waals surface area (Å²) in [6, 6.07) is 6.69. The summed E-state index contributed by atoms with van der Waals surface area (Å²) in [6.45, 7) is 9.14. The van der Waals surface area contributed by atoms with Crippen LogP contribution in [0, 0.1) is 19.4 Å².